The summed E-state index contributed by atoms with van der Waals surface area (Å²) in [4.78, 5) is 11.3. The van der Waals surface area contributed by atoms with Crippen LogP contribution in [0.4, 0.5) is 4.79 Å². The van der Waals surface area contributed by atoms with E-state index in [9.17, 15) is 4.79 Å². The highest BCUT2D eigenvalue weighted by molar-refractivity contribution is 6.99. The van der Waals surface area contributed by atoms with Gasteiger partial charge in [0.2, 0.25) is 0 Å². The predicted molar refractivity (Wildman–Crippen MR) is 120 cm³/mol. The molecule has 0 spiro atoms. The van der Waals surface area contributed by atoms with Gasteiger partial charge in [-0.25, -0.2) is 4.79 Å². The van der Waals surface area contributed by atoms with Crippen molar-refractivity contribution in [3.8, 4) is 0 Å². The van der Waals surface area contributed by atoms with Gasteiger partial charge in [-0.1, -0.05) is 87.5 Å². The minimum absolute atomic E-state index is 0.0841. The lowest BCUT2D eigenvalue weighted by Gasteiger charge is -2.44. The smallest absolute Gasteiger partial charge is 0.435 e. The van der Waals surface area contributed by atoms with E-state index < -0.39 is 14.5 Å². The summed E-state index contributed by atoms with van der Waals surface area (Å²) in [7, 11) is -2.59. The van der Waals surface area contributed by atoms with Gasteiger partial charge in [0, 0.05) is 0 Å². The lowest BCUT2D eigenvalue weighted by molar-refractivity contribution is 0.0671. The molecule has 0 aliphatic carbocycles. The number of benzene rings is 2. The van der Waals surface area contributed by atoms with Crippen molar-refractivity contribution < 1.29 is 18.7 Å². The Balaban J connectivity index is 2.32. The van der Waals surface area contributed by atoms with Crippen LogP contribution in [0.5, 0.6) is 0 Å². The van der Waals surface area contributed by atoms with Crippen LogP contribution < -0.4 is 10.4 Å². The van der Waals surface area contributed by atoms with Gasteiger partial charge < -0.3 is 13.9 Å². The van der Waals surface area contributed by atoms with Crippen molar-refractivity contribution in [1.29, 1.82) is 0 Å². The van der Waals surface area contributed by atoms with Gasteiger partial charge in [0.05, 0.1) is 12.7 Å². The summed E-state index contributed by atoms with van der Waals surface area (Å²) < 4.78 is 16.7. The van der Waals surface area contributed by atoms with Crippen molar-refractivity contribution >= 4 is 24.8 Å². The molecule has 0 aliphatic heterocycles. The third-order valence-corrected chi connectivity index (χ3v) is 9.88. The maximum Gasteiger partial charge on any atom is 0.508 e. The van der Waals surface area contributed by atoms with E-state index in [0.29, 0.717) is 6.61 Å². The second kappa shape index (κ2) is 10.4. The zero-order valence-corrected chi connectivity index (χ0v) is 19.1. The molecule has 0 radical (unpaired) electrons. The highest BCUT2D eigenvalue weighted by Gasteiger charge is 2.50. The zero-order chi connectivity index (χ0) is 21.3. The van der Waals surface area contributed by atoms with Crippen molar-refractivity contribution in [2.24, 2.45) is 0 Å². The SMILES string of the molecule is CCOC(=O)OC/C=C\[C@H](C)O[Si](c1ccccc1)(c1ccccc1)C(C)(C)C. The number of hydrogen-bond donors (Lipinski definition) is 0. The topological polar surface area (TPSA) is 44.8 Å². The molecule has 0 unspecified atom stereocenters. The average molecular weight is 413 g/mol. The number of ether oxygens (including phenoxy) is 2. The minimum Gasteiger partial charge on any atom is -0.435 e. The first kappa shape index (κ1) is 22.9. The van der Waals surface area contributed by atoms with Gasteiger partial charge in [0.15, 0.2) is 0 Å². The van der Waals surface area contributed by atoms with Crippen LogP contribution >= 0.6 is 0 Å². The molecular weight excluding hydrogens is 380 g/mol. The van der Waals surface area contributed by atoms with Gasteiger partial charge in [-0.15, -0.1) is 0 Å². The monoisotopic (exact) mass is 412 g/mol. The van der Waals surface area contributed by atoms with Crippen LogP contribution in [0.1, 0.15) is 34.6 Å². The molecule has 0 bridgehead atoms. The molecule has 29 heavy (non-hydrogen) atoms. The fourth-order valence-electron chi connectivity index (χ4n) is 3.53. The van der Waals surface area contributed by atoms with Crippen LogP contribution in [-0.4, -0.2) is 33.8 Å². The molecule has 5 heteroatoms. The van der Waals surface area contributed by atoms with Crippen LogP contribution in [0.25, 0.3) is 0 Å². The van der Waals surface area contributed by atoms with Gasteiger partial charge in [-0.2, -0.15) is 0 Å². The molecule has 0 aromatic heterocycles. The second-order valence-corrected chi connectivity index (χ2v) is 12.2. The van der Waals surface area contributed by atoms with E-state index in [4.69, 9.17) is 13.9 Å². The Morgan fingerprint density at radius 2 is 1.48 bits per heavy atom. The molecule has 0 fully saturated rings. The number of carbonyl (C=O) groups is 1. The quantitative estimate of drug-likeness (QED) is 0.359. The van der Waals surface area contributed by atoms with Crippen molar-refractivity contribution in [2.75, 3.05) is 13.2 Å². The molecule has 0 saturated carbocycles. The summed E-state index contributed by atoms with van der Waals surface area (Å²) in [6.45, 7) is 11.0. The molecule has 0 aliphatic rings. The average Bonchev–Trinajstić information content (AvgIpc) is 2.70. The summed E-state index contributed by atoms with van der Waals surface area (Å²) in [5.74, 6) is 0. The number of rotatable bonds is 8. The highest BCUT2D eigenvalue weighted by atomic mass is 28.4. The molecule has 0 heterocycles. The minimum atomic E-state index is -2.59. The highest BCUT2D eigenvalue weighted by Crippen LogP contribution is 2.37. The van der Waals surface area contributed by atoms with E-state index in [1.165, 1.54) is 10.4 Å². The first-order valence-electron chi connectivity index (χ1n) is 10.1. The van der Waals surface area contributed by atoms with Gasteiger partial charge in [-0.3, -0.25) is 0 Å². The van der Waals surface area contributed by atoms with E-state index >= 15 is 0 Å². The van der Waals surface area contributed by atoms with E-state index in [0.717, 1.165) is 0 Å². The maximum atomic E-state index is 11.3. The van der Waals surface area contributed by atoms with Crippen molar-refractivity contribution in [3.05, 3.63) is 72.8 Å². The van der Waals surface area contributed by atoms with Crippen LogP contribution in [0.15, 0.2) is 72.8 Å². The van der Waals surface area contributed by atoms with Crippen molar-refractivity contribution in [1.82, 2.24) is 0 Å². The van der Waals surface area contributed by atoms with E-state index in [1.54, 1.807) is 13.0 Å². The van der Waals surface area contributed by atoms with E-state index in [-0.39, 0.29) is 17.7 Å². The molecule has 156 valence electrons. The largest absolute Gasteiger partial charge is 0.508 e. The van der Waals surface area contributed by atoms with Gasteiger partial charge in [-0.05, 0) is 35.3 Å². The summed E-state index contributed by atoms with van der Waals surface area (Å²) in [5, 5.41) is 2.39. The molecule has 1 atom stereocenters. The van der Waals surface area contributed by atoms with Crippen LogP contribution in [0, 0.1) is 0 Å². The lowest BCUT2D eigenvalue weighted by Crippen LogP contribution is -2.67. The van der Waals surface area contributed by atoms with Gasteiger partial charge in [0.1, 0.15) is 6.61 Å². The maximum absolute atomic E-state index is 11.3. The summed E-state index contributed by atoms with van der Waals surface area (Å²) in [5.41, 5.74) is 0. The molecule has 4 nitrogen and oxygen atoms in total. The van der Waals surface area contributed by atoms with Crippen molar-refractivity contribution in [3.63, 3.8) is 0 Å². The van der Waals surface area contributed by atoms with Gasteiger partial charge in [0.25, 0.3) is 8.32 Å². The third-order valence-electron chi connectivity index (χ3n) is 4.75. The predicted octanol–water partition coefficient (Wildman–Crippen LogP) is 4.68. The Kier molecular flexibility index (Phi) is 8.23. The molecule has 0 N–H and O–H groups in total. The third kappa shape index (κ3) is 5.81. The summed E-state index contributed by atoms with van der Waals surface area (Å²) in [6, 6.07) is 21.0. The molecule has 2 aromatic rings. The van der Waals surface area contributed by atoms with Crippen LogP contribution in [0.2, 0.25) is 5.04 Å². The Morgan fingerprint density at radius 3 is 1.93 bits per heavy atom. The molecule has 2 aromatic carbocycles. The fourth-order valence-corrected chi connectivity index (χ4v) is 8.18. The van der Waals surface area contributed by atoms with Gasteiger partial charge >= 0.3 is 6.16 Å². The molecule has 0 amide bonds. The Bertz CT molecular complexity index is 742. The summed E-state index contributed by atoms with van der Waals surface area (Å²) in [6.07, 6.45) is 2.95. The summed E-state index contributed by atoms with van der Waals surface area (Å²) >= 11 is 0. The Hall–Kier alpha value is -2.37. The fraction of sp³-hybridized carbons (Fsp3) is 0.375. The van der Waals surface area contributed by atoms with Crippen LogP contribution in [-0.2, 0) is 13.9 Å². The van der Waals surface area contributed by atoms with Crippen LogP contribution in [0.3, 0.4) is 0 Å². The molecule has 2 rings (SSSR count). The first-order chi connectivity index (χ1) is 13.8. The standard InChI is InChI=1S/C24H32O4Si/c1-6-26-23(25)27-19-13-14-20(2)28-29(24(3,4)5,21-15-9-7-10-16-21)22-17-11-8-12-18-22/h7-18,20H,6,19H2,1-5H3/b14-13-/t20-/m0/s1. The Morgan fingerprint density at radius 1 is 0.966 bits per heavy atom. The van der Waals surface area contributed by atoms with Crippen molar-refractivity contribution in [2.45, 2.75) is 45.8 Å². The van der Waals surface area contributed by atoms with E-state index in [2.05, 4.69) is 69.3 Å². The number of carbonyl (C=O) groups excluding carboxylic acids is 1. The number of hydrogen-bond acceptors (Lipinski definition) is 4. The molecule has 0 saturated heterocycles. The molecular formula is C24H32O4Si. The van der Waals surface area contributed by atoms with E-state index in [1.807, 2.05) is 25.1 Å². The normalized spacial score (nSPS) is 13.3. The lowest BCUT2D eigenvalue weighted by atomic mass is 10.2. The Labute approximate surface area is 175 Å². The second-order valence-electron chi connectivity index (χ2n) is 7.91. The zero-order valence-electron chi connectivity index (χ0n) is 18.1. The first-order valence-corrected chi connectivity index (χ1v) is 12.0.